The second kappa shape index (κ2) is 5.17. The minimum atomic E-state index is 0.102. The van der Waals surface area contributed by atoms with Gasteiger partial charge in [-0.15, -0.1) is 0 Å². The summed E-state index contributed by atoms with van der Waals surface area (Å²) < 4.78 is 5.40. The Balaban J connectivity index is 1.57. The van der Waals surface area contributed by atoms with E-state index in [1.165, 1.54) is 25.7 Å². The Bertz CT molecular complexity index is 321. The van der Waals surface area contributed by atoms with Crippen LogP contribution in [0.1, 0.15) is 32.1 Å². The highest BCUT2D eigenvalue weighted by molar-refractivity contribution is 5.77. The van der Waals surface area contributed by atoms with E-state index in [9.17, 15) is 4.79 Å². The van der Waals surface area contributed by atoms with E-state index in [0.29, 0.717) is 31.6 Å². The smallest absolute Gasteiger partial charge is 0.223 e. The third-order valence-corrected chi connectivity index (χ3v) is 5.14. The van der Waals surface area contributed by atoms with Crippen molar-refractivity contribution in [3.05, 3.63) is 0 Å². The maximum atomic E-state index is 12.4. The molecule has 2 saturated carbocycles. The van der Waals surface area contributed by atoms with E-state index in [4.69, 9.17) is 10.5 Å². The molecule has 1 amide bonds. The van der Waals surface area contributed by atoms with Crippen LogP contribution in [0.3, 0.4) is 0 Å². The van der Waals surface area contributed by atoms with Crippen molar-refractivity contribution < 1.29 is 9.53 Å². The molecule has 3 rings (SSSR count). The molecule has 18 heavy (non-hydrogen) atoms. The fourth-order valence-corrected chi connectivity index (χ4v) is 4.15. The van der Waals surface area contributed by atoms with Gasteiger partial charge in [0, 0.05) is 19.5 Å². The number of amides is 1. The minimum Gasteiger partial charge on any atom is -0.377 e. The predicted octanol–water partition coefficient (Wildman–Crippen LogP) is 0.999. The summed E-state index contributed by atoms with van der Waals surface area (Å²) in [5, 5.41) is 0. The van der Waals surface area contributed by atoms with Crippen LogP contribution in [-0.2, 0) is 9.53 Å². The molecule has 1 saturated heterocycles. The van der Waals surface area contributed by atoms with Gasteiger partial charge >= 0.3 is 0 Å². The summed E-state index contributed by atoms with van der Waals surface area (Å²) >= 11 is 0. The van der Waals surface area contributed by atoms with Crippen molar-refractivity contribution in [3.63, 3.8) is 0 Å². The van der Waals surface area contributed by atoms with Crippen molar-refractivity contribution >= 4 is 5.91 Å². The first-order valence-corrected chi connectivity index (χ1v) is 7.35. The number of morpholine rings is 1. The highest BCUT2D eigenvalue weighted by Crippen LogP contribution is 2.49. The normalized spacial score (nSPS) is 39.3. The summed E-state index contributed by atoms with van der Waals surface area (Å²) in [4.78, 5) is 14.4. The van der Waals surface area contributed by atoms with Gasteiger partial charge in [0.1, 0.15) is 0 Å². The molecular formula is C14H24N2O2. The molecular weight excluding hydrogens is 228 g/mol. The van der Waals surface area contributed by atoms with Crippen LogP contribution in [0.5, 0.6) is 0 Å². The zero-order valence-electron chi connectivity index (χ0n) is 11.0. The van der Waals surface area contributed by atoms with Crippen molar-refractivity contribution in [3.8, 4) is 0 Å². The second-order valence-electron chi connectivity index (χ2n) is 6.19. The van der Waals surface area contributed by atoms with Gasteiger partial charge in [0.15, 0.2) is 0 Å². The van der Waals surface area contributed by atoms with E-state index in [2.05, 4.69) is 0 Å². The Morgan fingerprint density at radius 3 is 2.89 bits per heavy atom. The Morgan fingerprint density at radius 2 is 2.22 bits per heavy atom. The number of rotatable bonds is 3. The SMILES string of the molecule is NCC1COCCN1C(=O)CC1CC2CCC1C2. The first kappa shape index (κ1) is 12.4. The summed E-state index contributed by atoms with van der Waals surface area (Å²) in [6.45, 7) is 2.52. The number of hydrogen-bond acceptors (Lipinski definition) is 3. The molecule has 102 valence electrons. The average molecular weight is 252 g/mol. The van der Waals surface area contributed by atoms with Crippen LogP contribution in [0.4, 0.5) is 0 Å². The molecule has 4 atom stereocenters. The molecule has 0 spiro atoms. The van der Waals surface area contributed by atoms with E-state index in [0.717, 1.165) is 24.8 Å². The largest absolute Gasteiger partial charge is 0.377 e. The van der Waals surface area contributed by atoms with Crippen LogP contribution in [0.15, 0.2) is 0 Å². The number of nitrogens with two attached hydrogens (primary N) is 1. The number of carbonyl (C=O) groups excluding carboxylic acids is 1. The fourth-order valence-electron chi connectivity index (χ4n) is 4.15. The van der Waals surface area contributed by atoms with Crippen LogP contribution in [0.25, 0.3) is 0 Å². The third-order valence-electron chi connectivity index (χ3n) is 5.14. The molecule has 4 heteroatoms. The summed E-state index contributed by atoms with van der Waals surface area (Å²) in [7, 11) is 0. The fraction of sp³-hybridized carbons (Fsp3) is 0.929. The summed E-state index contributed by atoms with van der Waals surface area (Å²) in [5.41, 5.74) is 5.73. The quantitative estimate of drug-likeness (QED) is 0.815. The molecule has 4 unspecified atom stereocenters. The van der Waals surface area contributed by atoms with Crippen LogP contribution < -0.4 is 5.73 Å². The lowest BCUT2D eigenvalue weighted by atomic mass is 9.86. The van der Waals surface area contributed by atoms with Gasteiger partial charge in [-0.2, -0.15) is 0 Å². The van der Waals surface area contributed by atoms with Gasteiger partial charge in [0.25, 0.3) is 0 Å². The molecule has 2 bridgehead atoms. The molecule has 2 aliphatic carbocycles. The van der Waals surface area contributed by atoms with Gasteiger partial charge in [0.05, 0.1) is 19.3 Å². The number of fused-ring (bicyclic) bond motifs is 2. The van der Waals surface area contributed by atoms with E-state index >= 15 is 0 Å². The number of ether oxygens (including phenoxy) is 1. The van der Waals surface area contributed by atoms with Gasteiger partial charge in [0.2, 0.25) is 5.91 Å². The van der Waals surface area contributed by atoms with Crippen LogP contribution in [-0.4, -0.2) is 43.2 Å². The van der Waals surface area contributed by atoms with Gasteiger partial charge in [-0.1, -0.05) is 6.42 Å². The second-order valence-corrected chi connectivity index (χ2v) is 6.19. The minimum absolute atomic E-state index is 0.102. The van der Waals surface area contributed by atoms with Crippen molar-refractivity contribution in [2.45, 2.75) is 38.1 Å². The lowest BCUT2D eigenvalue weighted by molar-refractivity contribution is -0.140. The maximum absolute atomic E-state index is 12.4. The van der Waals surface area contributed by atoms with E-state index in [1.807, 2.05) is 4.90 Å². The van der Waals surface area contributed by atoms with E-state index in [-0.39, 0.29) is 6.04 Å². The van der Waals surface area contributed by atoms with E-state index in [1.54, 1.807) is 0 Å². The highest BCUT2D eigenvalue weighted by atomic mass is 16.5. The molecule has 0 aromatic heterocycles. The van der Waals surface area contributed by atoms with Crippen molar-refractivity contribution in [1.82, 2.24) is 4.90 Å². The Kier molecular flexibility index (Phi) is 3.57. The van der Waals surface area contributed by atoms with Gasteiger partial charge < -0.3 is 15.4 Å². The van der Waals surface area contributed by atoms with Crippen molar-refractivity contribution in [2.24, 2.45) is 23.5 Å². The summed E-state index contributed by atoms with van der Waals surface area (Å²) in [6.07, 6.45) is 6.16. The van der Waals surface area contributed by atoms with Gasteiger partial charge in [-0.25, -0.2) is 0 Å². The van der Waals surface area contributed by atoms with Gasteiger partial charge in [-0.3, -0.25) is 4.79 Å². The number of carbonyl (C=O) groups is 1. The van der Waals surface area contributed by atoms with Crippen molar-refractivity contribution in [1.29, 1.82) is 0 Å². The van der Waals surface area contributed by atoms with Crippen LogP contribution in [0, 0.1) is 17.8 Å². The molecule has 2 N–H and O–H groups in total. The highest BCUT2D eigenvalue weighted by Gasteiger charge is 2.41. The molecule has 1 heterocycles. The maximum Gasteiger partial charge on any atom is 0.223 e. The lowest BCUT2D eigenvalue weighted by Crippen LogP contribution is -2.52. The van der Waals surface area contributed by atoms with Crippen LogP contribution in [0.2, 0.25) is 0 Å². The van der Waals surface area contributed by atoms with Crippen LogP contribution >= 0.6 is 0 Å². The Labute approximate surface area is 109 Å². The Hall–Kier alpha value is -0.610. The first-order chi connectivity index (χ1) is 8.78. The molecule has 0 radical (unpaired) electrons. The molecule has 0 aromatic rings. The van der Waals surface area contributed by atoms with Gasteiger partial charge in [-0.05, 0) is 37.0 Å². The third kappa shape index (κ3) is 2.28. The zero-order chi connectivity index (χ0) is 12.5. The Morgan fingerprint density at radius 1 is 1.33 bits per heavy atom. The molecule has 0 aromatic carbocycles. The van der Waals surface area contributed by atoms with E-state index < -0.39 is 0 Å². The summed E-state index contributed by atoms with van der Waals surface area (Å²) in [6, 6.07) is 0.102. The standard InChI is InChI=1S/C14H24N2O2/c15-8-13-9-18-4-3-16(13)14(17)7-12-6-10-1-2-11(12)5-10/h10-13H,1-9,15H2. The molecule has 1 aliphatic heterocycles. The zero-order valence-corrected chi connectivity index (χ0v) is 11.0. The topological polar surface area (TPSA) is 55.6 Å². The monoisotopic (exact) mass is 252 g/mol. The van der Waals surface area contributed by atoms with Crippen molar-refractivity contribution in [2.75, 3.05) is 26.3 Å². The number of nitrogens with zero attached hydrogens (tertiary/aromatic N) is 1. The molecule has 3 fully saturated rings. The lowest BCUT2D eigenvalue weighted by Gasteiger charge is -2.36. The predicted molar refractivity (Wildman–Crippen MR) is 68.9 cm³/mol. The first-order valence-electron chi connectivity index (χ1n) is 7.35. The summed E-state index contributed by atoms with van der Waals surface area (Å²) in [5.74, 6) is 2.71. The molecule has 3 aliphatic rings. The number of hydrogen-bond donors (Lipinski definition) is 1. The average Bonchev–Trinajstić information content (AvgIpc) is 3.01. The molecule has 4 nitrogen and oxygen atoms in total.